The Morgan fingerprint density at radius 2 is 2.03 bits per heavy atom. The van der Waals surface area contributed by atoms with E-state index in [0.29, 0.717) is 23.0 Å². The number of nitrogens with zero attached hydrogens (tertiary/aromatic N) is 6. The highest BCUT2D eigenvalue weighted by Gasteiger charge is 2.43. The predicted octanol–water partition coefficient (Wildman–Crippen LogP) is 2.64. The van der Waals surface area contributed by atoms with Crippen LogP contribution in [0.2, 0.25) is 0 Å². The number of fused-ring (bicyclic) bond motifs is 2. The Morgan fingerprint density at radius 1 is 1.26 bits per heavy atom. The van der Waals surface area contributed by atoms with Gasteiger partial charge in [-0.1, -0.05) is 0 Å². The molecule has 2 N–H and O–H groups in total. The second kappa shape index (κ2) is 7.95. The van der Waals surface area contributed by atoms with Crippen molar-refractivity contribution in [3.05, 3.63) is 18.6 Å². The number of methoxy groups -OCH3 is 1. The number of carbonyl (C=O) groups excluding carboxylic acids is 1. The van der Waals surface area contributed by atoms with Crippen molar-refractivity contribution < 1.29 is 9.53 Å². The molecule has 3 unspecified atom stereocenters. The van der Waals surface area contributed by atoms with E-state index < -0.39 is 0 Å². The number of hydrogen-bond donors (Lipinski definition) is 2. The molecule has 0 saturated heterocycles. The monoisotopic (exact) mass is 442 g/mol. The van der Waals surface area contributed by atoms with Gasteiger partial charge in [0.25, 0.3) is 0 Å². The SMILES string of the molecule is COc1nsc(NC(=O)NC2CC3CC(N(C)c4ncnc5c4ccn5C)C[C@H]3C2)n1. The number of carbonyl (C=O) groups is 1. The van der Waals surface area contributed by atoms with Crippen LogP contribution in [0.3, 0.4) is 0 Å². The lowest BCUT2D eigenvalue weighted by Crippen LogP contribution is -2.37. The maximum Gasteiger partial charge on any atom is 0.329 e. The summed E-state index contributed by atoms with van der Waals surface area (Å²) in [4.78, 5) is 27.7. The van der Waals surface area contributed by atoms with Gasteiger partial charge in [-0.05, 0) is 43.6 Å². The van der Waals surface area contributed by atoms with E-state index in [0.717, 1.165) is 54.1 Å². The van der Waals surface area contributed by atoms with Gasteiger partial charge in [0.05, 0.1) is 12.5 Å². The van der Waals surface area contributed by atoms with Gasteiger partial charge in [-0.25, -0.2) is 14.8 Å². The molecule has 4 atom stereocenters. The number of anilines is 2. The van der Waals surface area contributed by atoms with Crippen molar-refractivity contribution in [1.29, 1.82) is 0 Å². The Bertz CT molecular complexity index is 1080. The number of ether oxygens (including phenoxy) is 1. The largest absolute Gasteiger partial charge is 0.466 e. The number of rotatable bonds is 5. The van der Waals surface area contributed by atoms with E-state index in [-0.39, 0.29) is 18.1 Å². The van der Waals surface area contributed by atoms with Crippen LogP contribution < -0.4 is 20.3 Å². The van der Waals surface area contributed by atoms with Gasteiger partial charge < -0.3 is 19.5 Å². The molecule has 11 heteroatoms. The zero-order valence-corrected chi connectivity index (χ0v) is 18.6. The summed E-state index contributed by atoms with van der Waals surface area (Å²) >= 11 is 1.11. The lowest BCUT2D eigenvalue weighted by molar-refractivity contribution is 0.248. The number of aryl methyl sites for hydroxylation is 1. The van der Waals surface area contributed by atoms with E-state index >= 15 is 0 Å². The first-order valence-corrected chi connectivity index (χ1v) is 11.2. The Labute approximate surface area is 184 Å². The van der Waals surface area contributed by atoms with Crippen LogP contribution in [-0.2, 0) is 7.05 Å². The second-order valence-corrected chi connectivity index (χ2v) is 9.22. The third kappa shape index (κ3) is 3.78. The summed E-state index contributed by atoms with van der Waals surface area (Å²) in [5.74, 6) is 2.23. The molecule has 0 aliphatic heterocycles. The smallest absolute Gasteiger partial charge is 0.329 e. The zero-order chi connectivity index (χ0) is 21.5. The molecule has 31 heavy (non-hydrogen) atoms. The lowest BCUT2D eigenvalue weighted by atomic mass is 10.0. The van der Waals surface area contributed by atoms with Crippen LogP contribution >= 0.6 is 11.5 Å². The zero-order valence-electron chi connectivity index (χ0n) is 17.8. The molecule has 2 fully saturated rings. The van der Waals surface area contributed by atoms with Crippen molar-refractivity contribution in [3.8, 4) is 6.01 Å². The molecule has 2 aliphatic carbocycles. The molecule has 2 amide bonds. The van der Waals surface area contributed by atoms with Gasteiger partial charge in [0.15, 0.2) is 0 Å². The fourth-order valence-electron chi connectivity index (χ4n) is 5.20. The maximum atomic E-state index is 12.3. The first-order chi connectivity index (χ1) is 15.0. The lowest BCUT2D eigenvalue weighted by Gasteiger charge is -2.27. The van der Waals surface area contributed by atoms with Crippen LogP contribution in [0.25, 0.3) is 11.0 Å². The quantitative estimate of drug-likeness (QED) is 0.625. The van der Waals surface area contributed by atoms with Crippen LogP contribution in [0.4, 0.5) is 15.7 Å². The molecule has 0 aromatic carbocycles. The summed E-state index contributed by atoms with van der Waals surface area (Å²) in [6.07, 6.45) is 7.92. The first-order valence-electron chi connectivity index (χ1n) is 10.5. The molecule has 3 heterocycles. The summed E-state index contributed by atoms with van der Waals surface area (Å²) in [5.41, 5.74) is 0.957. The standard InChI is InChI=1S/C20H26N8O2S/c1-27-5-4-15-16(27)21-10-22-17(15)28(2)14-8-11-6-13(7-12(11)9-14)23-18(29)24-20-25-19(30-3)26-31-20/h4-5,10-14H,6-9H2,1-3H3,(H2,23,24,25,26,29)/t11-,12?,13?,14?/m1/s1. The Balaban J connectivity index is 1.17. The Hall–Kier alpha value is -2.95. The first kappa shape index (κ1) is 20.0. The molecule has 164 valence electrons. The topological polar surface area (TPSA) is 110 Å². The summed E-state index contributed by atoms with van der Waals surface area (Å²) < 4.78 is 11.0. The van der Waals surface area contributed by atoms with Crippen molar-refractivity contribution in [2.24, 2.45) is 18.9 Å². The fourth-order valence-corrected chi connectivity index (χ4v) is 5.74. The van der Waals surface area contributed by atoms with E-state index in [1.54, 1.807) is 6.33 Å². The van der Waals surface area contributed by atoms with Gasteiger partial charge in [0.2, 0.25) is 5.13 Å². The molecular weight excluding hydrogens is 416 g/mol. The highest BCUT2D eigenvalue weighted by molar-refractivity contribution is 7.10. The van der Waals surface area contributed by atoms with Gasteiger partial charge in [0, 0.05) is 43.9 Å². The number of nitrogens with one attached hydrogen (secondary N) is 2. The number of urea groups is 1. The summed E-state index contributed by atoms with van der Waals surface area (Å²) in [7, 11) is 5.64. The number of aromatic nitrogens is 5. The molecular formula is C20H26N8O2S. The minimum Gasteiger partial charge on any atom is -0.466 e. The normalized spacial score (nSPS) is 24.9. The van der Waals surface area contributed by atoms with E-state index in [9.17, 15) is 4.79 Å². The van der Waals surface area contributed by atoms with Crippen LogP contribution in [0.5, 0.6) is 6.01 Å². The molecule has 0 spiro atoms. The predicted molar refractivity (Wildman–Crippen MR) is 119 cm³/mol. The van der Waals surface area contributed by atoms with Crippen molar-refractivity contribution in [3.63, 3.8) is 0 Å². The minimum atomic E-state index is -0.232. The second-order valence-electron chi connectivity index (χ2n) is 8.47. The fraction of sp³-hybridized carbons (Fsp3) is 0.550. The van der Waals surface area contributed by atoms with E-state index in [1.165, 1.54) is 7.11 Å². The number of hydrogen-bond acceptors (Lipinski definition) is 8. The van der Waals surface area contributed by atoms with Crippen molar-refractivity contribution >= 4 is 39.5 Å². The average molecular weight is 443 g/mol. The molecule has 0 bridgehead atoms. The minimum absolute atomic E-state index is 0.191. The summed E-state index contributed by atoms with van der Waals surface area (Å²) in [6.45, 7) is 0. The Kier molecular flexibility index (Phi) is 5.12. The van der Waals surface area contributed by atoms with E-state index in [1.807, 2.05) is 17.8 Å². The van der Waals surface area contributed by atoms with Crippen LogP contribution in [0.1, 0.15) is 25.7 Å². The molecule has 2 saturated carbocycles. The average Bonchev–Trinajstić information content (AvgIpc) is 3.51. The van der Waals surface area contributed by atoms with Gasteiger partial charge >= 0.3 is 12.0 Å². The van der Waals surface area contributed by atoms with E-state index in [4.69, 9.17) is 4.74 Å². The van der Waals surface area contributed by atoms with Crippen LogP contribution in [-0.4, -0.2) is 56.2 Å². The Morgan fingerprint density at radius 3 is 2.74 bits per heavy atom. The molecule has 5 rings (SSSR count). The molecule has 3 aromatic heterocycles. The highest BCUT2D eigenvalue weighted by Crippen LogP contribution is 2.46. The van der Waals surface area contributed by atoms with Gasteiger partial charge in [0.1, 0.15) is 17.8 Å². The van der Waals surface area contributed by atoms with Crippen molar-refractivity contribution in [2.75, 3.05) is 24.4 Å². The third-order valence-electron chi connectivity index (χ3n) is 6.66. The number of amides is 2. The van der Waals surface area contributed by atoms with Crippen molar-refractivity contribution in [1.82, 2.24) is 29.2 Å². The van der Waals surface area contributed by atoms with Gasteiger partial charge in [-0.15, -0.1) is 4.37 Å². The maximum absolute atomic E-state index is 12.3. The van der Waals surface area contributed by atoms with Gasteiger partial charge in [-0.3, -0.25) is 5.32 Å². The summed E-state index contributed by atoms with van der Waals surface area (Å²) in [6, 6.07) is 2.77. The van der Waals surface area contributed by atoms with Crippen molar-refractivity contribution in [2.45, 2.75) is 37.8 Å². The molecule has 2 aliphatic rings. The molecule has 3 aromatic rings. The van der Waals surface area contributed by atoms with Gasteiger partial charge in [-0.2, -0.15) is 4.98 Å². The molecule has 10 nitrogen and oxygen atoms in total. The molecule has 0 radical (unpaired) electrons. The van der Waals surface area contributed by atoms with E-state index in [2.05, 4.69) is 48.0 Å². The van der Waals surface area contributed by atoms with Crippen LogP contribution in [0, 0.1) is 11.8 Å². The summed E-state index contributed by atoms with van der Waals surface area (Å²) in [5, 5.41) is 7.37. The highest BCUT2D eigenvalue weighted by atomic mass is 32.1. The third-order valence-corrected chi connectivity index (χ3v) is 7.27. The van der Waals surface area contributed by atoms with Crippen LogP contribution in [0.15, 0.2) is 18.6 Å².